The van der Waals surface area contributed by atoms with Gasteiger partial charge < -0.3 is 4.74 Å². The van der Waals surface area contributed by atoms with E-state index in [2.05, 4.69) is 5.43 Å². The maximum Gasteiger partial charge on any atom is 0.274 e. The number of hydrogen-bond donors (Lipinski definition) is 1. The van der Waals surface area contributed by atoms with E-state index in [9.17, 15) is 14.4 Å². The Morgan fingerprint density at radius 3 is 2.03 bits per heavy atom. The molecule has 0 aromatic heterocycles. The second kappa shape index (κ2) is 7.06. The van der Waals surface area contributed by atoms with Crippen molar-refractivity contribution in [3.05, 3.63) is 39.9 Å². The van der Waals surface area contributed by atoms with E-state index in [0.717, 1.165) is 0 Å². The lowest BCUT2D eigenvalue weighted by molar-refractivity contribution is -0.143. The van der Waals surface area contributed by atoms with Crippen LogP contribution in [0.5, 0.6) is 5.75 Å². The zero-order valence-electron chi connectivity index (χ0n) is 15.0. The van der Waals surface area contributed by atoms with Gasteiger partial charge in [-0.05, 0) is 19.1 Å². The summed E-state index contributed by atoms with van der Waals surface area (Å²) < 4.78 is 3.38. The van der Waals surface area contributed by atoms with Crippen LogP contribution in [0.2, 0.25) is 0 Å². The predicted octanol–water partition coefficient (Wildman–Crippen LogP) is 4.18. The molecule has 1 saturated carbocycles. The maximum absolute atomic E-state index is 13.1. The van der Waals surface area contributed by atoms with E-state index in [1.165, 1.54) is 6.07 Å². The van der Waals surface area contributed by atoms with Crippen LogP contribution >= 0.6 is 69.6 Å². The number of carbonyl (C=O) groups excluding carboxylic acids is 3. The number of ether oxygens (including phenoxy) is 1. The molecule has 2 aliphatic carbocycles. The van der Waals surface area contributed by atoms with Gasteiger partial charge in [0.2, 0.25) is 0 Å². The highest BCUT2D eigenvalue weighted by Crippen LogP contribution is 2.77. The van der Waals surface area contributed by atoms with Gasteiger partial charge in [-0.3, -0.25) is 19.8 Å². The van der Waals surface area contributed by atoms with Gasteiger partial charge in [0.05, 0.1) is 34.1 Å². The molecule has 3 aliphatic rings. The summed E-state index contributed by atoms with van der Waals surface area (Å²) in [4.78, 5) is 35.2. The van der Waals surface area contributed by atoms with Crippen LogP contribution in [0.3, 0.4) is 0 Å². The molecule has 2 fully saturated rings. The molecule has 0 unspecified atom stereocenters. The lowest BCUT2D eigenvalue weighted by Gasteiger charge is -2.34. The molecule has 1 aromatic carbocycles. The first kappa shape index (κ1) is 22.3. The summed E-state index contributed by atoms with van der Waals surface area (Å²) in [6, 6.07) is 6.36. The Balaban J connectivity index is 1.70. The number of benzene rings is 1. The summed E-state index contributed by atoms with van der Waals surface area (Å²) in [6.45, 7) is 2.07. The van der Waals surface area contributed by atoms with Crippen molar-refractivity contribution < 1.29 is 19.1 Å². The Kier molecular flexibility index (Phi) is 5.25. The van der Waals surface area contributed by atoms with Gasteiger partial charge in [0, 0.05) is 0 Å². The largest absolute Gasteiger partial charge is 0.493 e. The molecule has 2 bridgehead atoms. The smallest absolute Gasteiger partial charge is 0.274 e. The molecule has 0 radical (unpaired) electrons. The van der Waals surface area contributed by atoms with Crippen LogP contribution in [0.4, 0.5) is 0 Å². The summed E-state index contributed by atoms with van der Waals surface area (Å²) >= 11 is 38.5. The first-order valence-electron chi connectivity index (χ1n) is 8.68. The minimum Gasteiger partial charge on any atom is -0.493 e. The van der Waals surface area contributed by atoms with Crippen LogP contribution in [-0.2, 0) is 9.59 Å². The van der Waals surface area contributed by atoms with Crippen LogP contribution in [0.1, 0.15) is 17.3 Å². The number of carbonyl (C=O) groups is 3. The van der Waals surface area contributed by atoms with Gasteiger partial charge in [-0.15, -0.1) is 23.2 Å². The van der Waals surface area contributed by atoms with E-state index in [1.807, 2.05) is 0 Å². The summed E-state index contributed by atoms with van der Waals surface area (Å²) in [6.07, 6.45) is 0. The molecule has 1 aromatic rings. The molecule has 1 N–H and O–H groups in total. The van der Waals surface area contributed by atoms with Gasteiger partial charge >= 0.3 is 0 Å². The second-order valence-corrected chi connectivity index (χ2v) is 10.2. The van der Waals surface area contributed by atoms with E-state index < -0.39 is 43.6 Å². The van der Waals surface area contributed by atoms with Crippen molar-refractivity contribution in [2.24, 2.45) is 11.8 Å². The summed E-state index contributed by atoms with van der Waals surface area (Å²) in [5, 5.41) is 0.142. The van der Waals surface area contributed by atoms with Crippen molar-refractivity contribution in [1.82, 2.24) is 10.4 Å². The third kappa shape index (κ3) is 2.44. The zero-order chi connectivity index (χ0) is 22.2. The Morgan fingerprint density at radius 2 is 1.53 bits per heavy atom. The van der Waals surface area contributed by atoms with Crippen molar-refractivity contribution in [2.45, 2.75) is 21.0 Å². The number of hydrogen-bond acceptors (Lipinski definition) is 4. The fourth-order valence-corrected chi connectivity index (χ4v) is 7.13. The van der Waals surface area contributed by atoms with Gasteiger partial charge in [0.1, 0.15) is 15.5 Å². The molecular formula is C18H12Cl6N2O4. The van der Waals surface area contributed by atoms with Crippen LogP contribution in [0, 0.1) is 11.8 Å². The van der Waals surface area contributed by atoms with Crippen molar-refractivity contribution in [2.75, 3.05) is 6.61 Å². The Morgan fingerprint density at radius 1 is 1.03 bits per heavy atom. The van der Waals surface area contributed by atoms with E-state index in [1.54, 1.807) is 25.1 Å². The first-order chi connectivity index (χ1) is 14.0. The molecule has 6 nitrogen and oxygen atoms in total. The second-order valence-electron chi connectivity index (χ2n) is 6.96. The number of fused-ring (bicyclic) bond motifs is 5. The Labute approximate surface area is 201 Å². The fourth-order valence-electron chi connectivity index (χ4n) is 4.20. The minimum atomic E-state index is -2.03. The highest BCUT2D eigenvalue weighted by Gasteiger charge is 2.87. The lowest BCUT2D eigenvalue weighted by atomic mass is 9.84. The monoisotopic (exact) mass is 530 g/mol. The number of imide groups is 1. The van der Waals surface area contributed by atoms with Gasteiger partial charge in [-0.25, -0.2) is 0 Å². The molecule has 4 atom stereocenters. The van der Waals surface area contributed by atoms with Crippen LogP contribution in [0.15, 0.2) is 34.3 Å². The number of allylic oxidation sites excluding steroid dienone is 2. The van der Waals surface area contributed by atoms with Gasteiger partial charge in [0.15, 0.2) is 4.33 Å². The molecule has 0 spiro atoms. The van der Waals surface area contributed by atoms with Crippen molar-refractivity contribution in [3.8, 4) is 5.75 Å². The van der Waals surface area contributed by atoms with Crippen molar-refractivity contribution in [1.29, 1.82) is 0 Å². The molecular weight excluding hydrogens is 521 g/mol. The number of alkyl halides is 4. The first-order valence-corrected chi connectivity index (χ1v) is 11.0. The molecule has 1 aliphatic heterocycles. The van der Waals surface area contributed by atoms with Crippen LogP contribution in [0.25, 0.3) is 0 Å². The number of rotatable bonds is 4. The molecule has 3 amide bonds. The molecule has 1 saturated heterocycles. The average molecular weight is 533 g/mol. The number of amides is 3. The van der Waals surface area contributed by atoms with Crippen molar-refractivity contribution in [3.63, 3.8) is 0 Å². The van der Waals surface area contributed by atoms with E-state index in [-0.39, 0.29) is 21.4 Å². The maximum atomic E-state index is 13.1. The Bertz CT molecular complexity index is 984. The lowest BCUT2D eigenvalue weighted by Crippen LogP contribution is -2.54. The molecule has 12 heteroatoms. The number of para-hydroxylation sites is 1. The fraction of sp³-hybridized carbons (Fsp3) is 0.389. The molecule has 30 heavy (non-hydrogen) atoms. The van der Waals surface area contributed by atoms with E-state index in [4.69, 9.17) is 74.3 Å². The van der Waals surface area contributed by atoms with E-state index in [0.29, 0.717) is 11.6 Å². The predicted molar refractivity (Wildman–Crippen MR) is 114 cm³/mol. The standard InChI is InChI=1S/C18H12Cl6N2O4/c1-2-30-8-6-4-3-5-7(8)13(27)25-26-14(28)9-10(15(26)29)17(22)12(20)11(19)16(9,21)18(17,23)24/h3-6,9-10H,2H2,1H3,(H,25,27)/t9-,10+,16-,17-/m1/s1. The average Bonchev–Trinajstić information content (AvgIpc) is 3.07. The number of nitrogens with one attached hydrogen (secondary N) is 1. The number of nitrogens with zero attached hydrogens (tertiary/aromatic N) is 1. The van der Waals surface area contributed by atoms with Gasteiger partial charge in [-0.2, -0.15) is 5.01 Å². The summed E-state index contributed by atoms with van der Waals surface area (Å²) in [5.41, 5.74) is 2.41. The summed E-state index contributed by atoms with van der Waals surface area (Å²) in [7, 11) is 0. The third-order valence-corrected chi connectivity index (χ3v) is 9.81. The van der Waals surface area contributed by atoms with Gasteiger partial charge in [-0.1, -0.05) is 58.5 Å². The van der Waals surface area contributed by atoms with Crippen LogP contribution < -0.4 is 10.2 Å². The highest BCUT2D eigenvalue weighted by molar-refractivity contribution is 6.66. The normalized spacial score (nSPS) is 33.9. The van der Waals surface area contributed by atoms with Gasteiger partial charge in [0.25, 0.3) is 17.7 Å². The molecule has 160 valence electrons. The van der Waals surface area contributed by atoms with Crippen molar-refractivity contribution >= 4 is 87.3 Å². The SMILES string of the molecule is CCOc1ccccc1C(=O)NN1C(=O)[C@@H]2[C@H](C1=O)[C@@]1(Cl)C(Cl)=C(Cl)[C@@]2(Cl)C1(Cl)Cl. The number of halogens is 6. The Hall–Kier alpha value is -0.890. The highest BCUT2D eigenvalue weighted by atomic mass is 35.5. The molecule has 4 rings (SSSR count). The van der Waals surface area contributed by atoms with E-state index >= 15 is 0 Å². The quantitative estimate of drug-likeness (QED) is 0.466. The summed E-state index contributed by atoms with van der Waals surface area (Å²) in [5.74, 6) is -4.80. The number of hydrazine groups is 1. The molecule has 1 heterocycles. The third-order valence-electron chi connectivity index (χ3n) is 5.55. The zero-order valence-corrected chi connectivity index (χ0v) is 19.6. The minimum absolute atomic E-state index is 0.124. The van der Waals surface area contributed by atoms with Crippen LogP contribution in [-0.4, -0.2) is 43.4 Å². The topological polar surface area (TPSA) is 75.7 Å².